The third-order valence-corrected chi connectivity index (χ3v) is 3.50. The fourth-order valence-electron chi connectivity index (χ4n) is 2.42. The molecule has 108 valence electrons. The van der Waals surface area contributed by atoms with E-state index in [4.69, 9.17) is 5.73 Å². The number of benzene rings is 1. The first kappa shape index (κ1) is 14.1. The second-order valence-electron chi connectivity index (χ2n) is 4.85. The van der Waals surface area contributed by atoms with Crippen LogP contribution in [0.5, 0.6) is 0 Å². The molecule has 1 saturated heterocycles. The van der Waals surface area contributed by atoms with Crippen LogP contribution in [0.2, 0.25) is 0 Å². The molecule has 1 aliphatic heterocycles. The van der Waals surface area contributed by atoms with Crippen molar-refractivity contribution in [3.63, 3.8) is 0 Å². The number of nitro benzene ring substituents is 1. The molecular weight excluding hydrogens is 260 g/mol. The third-order valence-electron chi connectivity index (χ3n) is 3.50. The van der Waals surface area contributed by atoms with Crippen molar-refractivity contribution in [3.8, 4) is 0 Å². The zero-order valence-corrected chi connectivity index (χ0v) is 11.4. The molecule has 0 aliphatic carbocycles. The standard InChI is InChI=1S/C13H18N4O3/c1-10(18)15-5-2-6-16(8-7-15)13-4-3-11(17(19)20)9-12(13)14/h3-4,9H,2,5-8,14H2,1H3. The van der Waals surface area contributed by atoms with Gasteiger partial charge < -0.3 is 15.5 Å². The number of nitrogen functional groups attached to an aromatic ring is 1. The molecule has 0 atom stereocenters. The number of nitrogens with zero attached hydrogens (tertiary/aromatic N) is 3. The summed E-state index contributed by atoms with van der Waals surface area (Å²) in [5.41, 5.74) is 7.09. The number of carbonyl (C=O) groups is 1. The lowest BCUT2D eigenvalue weighted by Crippen LogP contribution is -2.33. The fourth-order valence-corrected chi connectivity index (χ4v) is 2.42. The molecule has 0 saturated carbocycles. The van der Waals surface area contributed by atoms with Crippen LogP contribution in [0.4, 0.5) is 17.1 Å². The molecule has 0 spiro atoms. The highest BCUT2D eigenvalue weighted by Crippen LogP contribution is 2.28. The van der Waals surface area contributed by atoms with Gasteiger partial charge >= 0.3 is 0 Å². The molecule has 0 aromatic heterocycles. The van der Waals surface area contributed by atoms with Crippen molar-refractivity contribution in [2.75, 3.05) is 36.8 Å². The Hall–Kier alpha value is -2.31. The maximum atomic E-state index is 11.4. The molecule has 1 amide bonds. The summed E-state index contributed by atoms with van der Waals surface area (Å²) in [6, 6.07) is 4.51. The molecule has 7 heteroatoms. The number of anilines is 2. The topological polar surface area (TPSA) is 92.7 Å². The summed E-state index contributed by atoms with van der Waals surface area (Å²) < 4.78 is 0. The van der Waals surface area contributed by atoms with Gasteiger partial charge in [-0.05, 0) is 12.5 Å². The highest BCUT2D eigenvalue weighted by Gasteiger charge is 2.19. The van der Waals surface area contributed by atoms with Crippen LogP contribution in [0, 0.1) is 10.1 Å². The van der Waals surface area contributed by atoms with E-state index in [9.17, 15) is 14.9 Å². The zero-order valence-electron chi connectivity index (χ0n) is 11.4. The molecule has 2 N–H and O–H groups in total. The first-order valence-corrected chi connectivity index (χ1v) is 6.53. The Morgan fingerprint density at radius 3 is 2.65 bits per heavy atom. The van der Waals surface area contributed by atoms with Gasteiger partial charge in [-0.3, -0.25) is 14.9 Å². The maximum Gasteiger partial charge on any atom is 0.271 e. The molecular formula is C13H18N4O3. The van der Waals surface area contributed by atoms with Gasteiger partial charge in [0.15, 0.2) is 0 Å². The van der Waals surface area contributed by atoms with Crippen molar-refractivity contribution in [3.05, 3.63) is 28.3 Å². The number of amides is 1. The van der Waals surface area contributed by atoms with Crippen molar-refractivity contribution in [1.29, 1.82) is 0 Å². The normalized spacial score (nSPS) is 15.8. The number of carbonyl (C=O) groups excluding carboxylic acids is 1. The van der Waals surface area contributed by atoms with Gasteiger partial charge in [0, 0.05) is 45.2 Å². The van der Waals surface area contributed by atoms with E-state index >= 15 is 0 Å². The number of non-ortho nitro benzene ring substituents is 1. The van der Waals surface area contributed by atoms with Crippen molar-refractivity contribution in [2.24, 2.45) is 0 Å². The van der Waals surface area contributed by atoms with Gasteiger partial charge in [0.2, 0.25) is 5.91 Å². The number of hydrogen-bond acceptors (Lipinski definition) is 5. The van der Waals surface area contributed by atoms with Gasteiger partial charge in [0.05, 0.1) is 16.3 Å². The van der Waals surface area contributed by atoms with Crippen LogP contribution in [-0.4, -0.2) is 41.9 Å². The molecule has 20 heavy (non-hydrogen) atoms. The molecule has 0 radical (unpaired) electrons. The Morgan fingerprint density at radius 2 is 2.05 bits per heavy atom. The van der Waals surface area contributed by atoms with Gasteiger partial charge in [-0.1, -0.05) is 0 Å². The fraction of sp³-hybridized carbons (Fsp3) is 0.462. The molecule has 1 aromatic carbocycles. The Morgan fingerprint density at radius 1 is 1.30 bits per heavy atom. The van der Waals surface area contributed by atoms with Crippen LogP contribution >= 0.6 is 0 Å². The summed E-state index contributed by atoms with van der Waals surface area (Å²) in [7, 11) is 0. The Bertz CT molecular complexity index is 532. The average Bonchev–Trinajstić information content (AvgIpc) is 2.64. The third kappa shape index (κ3) is 2.98. The molecule has 2 rings (SSSR count). The highest BCUT2D eigenvalue weighted by atomic mass is 16.6. The minimum atomic E-state index is -0.458. The Kier molecular flexibility index (Phi) is 4.07. The molecule has 7 nitrogen and oxygen atoms in total. The molecule has 0 unspecified atom stereocenters. The van der Waals surface area contributed by atoms with E-state index in [-0.39, 0.29) is 11.6 Å². The SMILES string of the molecule is CC(=O)N1CCCN(c2ccc([N+](=O)[O-])cc2N)CC1. The van der Waals surface area contributed by atoms with Gasteiger partial charge in [0.1, 0.15) is 0 Å². The zero-order chi connectivity index (χ0) is 14.7. The van der Waals surface area contributed by atoms with Crippen LogP contribution in [-0.2, 0) is 4.79 Å². The lowest BCUT2D eigenvalue weighted by Gasteiger charge is -2.24. The molecule has 1 aromatic rings. The largest absolute Gasteiger partial charge is 0.397 e. The molecule has 0 bridgehead atoms. The van der Waals surface area contributed by atoms with Crippen LogP contribution < -0.4 is 10.6 Å². The van der Waals surface area contributed by atoms with Crippen LogP contribution in [0.3, 0.4) is 0 Å². The Balaban J connectivity index is 2.15. The minimum absolute atomic E-state index is 0.00793. The first-order chi connectivity index (χ1) is 9.49. The predicted octanol–water partition coefficient (Wildman–Crippen LogP) is 1.24. The van der Waals surface area contributed by atoms with Crippen LogP contribution in [0.1, 0.15) is 13.3 Å². The van der Waals surface area contributed by atoms with Gasteiger partial charge in [-0.15, -0.1) is 0 Å². The summed E-state index contributed by atoms with van der Waals surface area (Å²) in [5, 5.41) is 10.7. The van der Waals surface area contributed by atoms with Crippen molar-refractivity contribution in [2.45, 2.75) is 13.3 Å². The maximum absolute atomic E-state index is 11.4. The summed E-state index contributed by atoms with van der Waals surface area (Å²) >= 11 is 0. The summed E-state index contributed by atoms with van der Waals surface area (Å²) in [6.45, 7) is 4.41. The first-order valence-electron chi connectivity index (χ1n) is 6.53. The summed E-state index contributed by atoms with van der Waals surface area (Å²) in [4.78, 5) is 25.5. The van der Waals surface area contributed by atoms with E-state index in [0.717, 1.165) is 25.2 Å². The van der Waals surface area contributed by atoms with Crippen LogP contribution in [0.25, 0.3) is 0 Å². The lowest BCUT2D eigenvalue weighted by molar-refractivity contribution is -0.384. The van der Waals surface area contributed by atoms with Gasteiger partial charge in [-0.25, -0.2) is 0 Å². The van der Waals surface area contributed by atoms with Crippen molar-refractivity contribution < 1.29 is 9.72 Å². The van der Waals surface area contributed by atoms with E-state index in [2.05, 4.69) is 4.90 Å². The molecule has 1 fully saturated rings. The van der Waals surface area contributed by atoms with Crippen LogP contribution in [0.15, 0.2) is 18.2 Å². The Labute approximate surface area is 117 Å². The quantitative estimate of drug-likeness (QED) is 0.499. The summed E-state index contributed by atoms with van der Waals surface area (Å²) in [6.07, 6.45) is 0.857. The molecule has 1 heterocycles. The van der Waals surface area contributed by atoms with Gasteiger partial charge in [-0.2, -0.15) is 0 Å². The second kappa shape index (κ2) is 5.77. The number of hydrogen-bond donors (Lipinski definition) is 1. The number of rotatable bonds is 2. The lowest BCUT2D eigenvalue weighted by atomic mass is 10.2. The highest BCUT2D eigenvalue weighted by molar-refractivity contribution is 5.74. The average molecular weight is 278 g/mol. The summed E-state index contributed by atoms with van der Waals surface area (Å²) in [5.74, 6) is 0.0727. The van der Waals surface area contributed by atoms with E-state index < -0.39 is 4.92 Å². The van der Waals surface area contributed by atoms with E-state index in [1.54, 1.807) is 13.0 Å². The number of nitrogens with two attached hydrogens (primary N) is 1. The van der Waals surface area contributed by atoms with Crippen molar-refractivity contribution in [1.82, 2.24) is 4.90 Å². The monoisotopic (exact) mass is 278 g/mol. The number of nitro groups is 1. The predicted molar refractivity (Wildman–Crippen MR) is 76.6 cm³/mol. The molecule has 1 aliphatic rings. The van der Waals surface area contributed by atoms with E-state index in [0.29, 0.717) is 18.8 Å². The smallest absolute Gasteiger partial charge is 0.271 e. The minimum Gasteiger partial charge on any atom is -0.397 e. The van der Waals surface area contributed by atoms with Gasteiger partial charge in [0.25, 0.3) is 5.69 Å². The van der Waals surface area contributed by atoms with E-state index in [1.165, 1.54) is 12.1 Å². The van der Waals surface area contributed by atoms with Crippen molar-refractivity contribution >= 4 is 23.0 Å². The second-order valence-corrected chi connectivity index (χ2v) is 4.85. The van der Waals surface area contributed by atoms with E-state index in [1.807, 2.05) is 4.90 Å².